The predicted octanol–water partition coefficient (Wildman–Crippen LogP) is 1.71. The van der Waals surface area contributed by atoms with Crippen LogP contribution < -0.4 is 5.32 Å². The fourth-order valence-electron chi connectivity index (χ4n) is 2.37. The molecule has 1 rings (SSSR count). The van der Waals surface area contributed by atoms with Crippen LogP contribution in [0.2, 0.25) is 0 Å². The molecular formula is C15H31N3O. The number of hydrogen-bond acceptors (Lipinski definition) is 3. The van der Waals surface area contributed by atoms with Gasteiger partial charge in [0.05, 0.1) is 6.04 Å². The average Bonchev–Trinajstić information content (AvgIpc) is 2.66. The maximum atomic E-state index is 12.3. The Kier molecular flexibility index (Phi) is 7.39. The van der Waals surface area contributed by atoms with Crippen LogP contribution in [0.1, 0.15) is 46.5 Å². The van der Waals surface area contributed by atoms with Crippen molar-refractivity contribution in [1.82, 2.24) is 15.1 Å². The maximum absolute atomic E-state index is 12.3. The van der Waals surface area contributed by atoms with Crippen molar-refractivity contribution in [2.24, 2.45) is 0 Å². The van der Waals surface area contributed by atoms with Crippen LogP contribution in [0.15, 0.2) is 0 Å². The third kappa shape index (κ3) is 5.91. The van der Waals surface area contributed by atoms with Gasteiger partial charge in [-0.25, -0.2) is 0 Å². The maximum Gasteiger partial charge on any atom is 0.239 e. The van der Waals surface area contributed by atoms with Gasteiger partial charge in [0.25, 0.3) is 0 Å². The summed E-state index contributed by atoms with van der Waals surface area (Å²) in [4.78, 5) is 16.6. The first kappa shape index (κ1) is 16.4. The van der Waals surface area contributed by atoms with Crippen LogP contribution in [0.25, 0.3) is 0 Å². The predicted molar refractivity (Wildman–Crippen MR) is 80.3 cm³/mol. The van der Waals surface area contributed by atoms with Crippen LogP contribution in [0.4, 0.5) is 0 Å². The lowest BCUT2D eigenvalue weighted by Gasteiger charge is -2.26. The van der Waals surface area contributed by atoms with Gasteiger partial charge >= 0.3 is 0 Å². The highest BCUT2D eigenvalue weighted by Crippen LogP contribution is 2.10. The molecular weight excluding hydrogens is 238 g/mol. The molecule has 1 N–H and O–H groups in total. The fourth-order valence-corrected chi connectivity index (χ4v) is 2.37. The normalized spacial score (nSPS) is 18.7. The third-order valence-electron chi connectivity index (χ3n) is 4.08. The molecule has 1 heterocycles. The van der Waals surface area contributed by atoms with Crippen LogP contribution in [0.5, 0.6) is 0 Å². The van der Waals surface area contributed by atoms with E-state index in [-0.39, 0.29) is 11.9 Å². The minimum Gasteiger partial charge on any atom is -0.341 e. The first-order valence-electron chi connectivity index (χ1n) is 7.74. The van der Waals surface area contributed by atoms with Gasteiger partial charge in [-0.1, -0.05) is 12.8 Å². The highest BCUT2D eigenvalue weighted by Gasteiger charge is 2.20. The second-order valence-corrected chi connectivity index (χ2v) is 5.99. The summed E-state index contributed by atoms with van der Waals surface area (Å²) >= 11 is 0. The number of amides is 1. The molecule has 0 bridgehead atoms. The first-order chi connectivity index (χ1) is 9.02. The molecule has 0 aliphatic carbocycles. The van der Waals surface area contributed by atoms with Crippen LogP contribution >= 0.6 is 0 Å². The van der Waals surface area contributed by atoms with Gasteiger partial charge in [-0.15, -0.1) is 0 Å². The van der Waals surface area contributed by atoms with Crippen molar-refractivity contribution in [2.45, 2.75) is 58.5 Å². The van der Waals surface area contributed by atoms with Crippen molar-refractivity contribution >= 4 is 5.91 Å². The topological polar surface area (TPSA) is 35.6 Å². The molecule has 0 spiro atoms. The standard InChI is InChI=1S/C15H31N3O/c1-13(2)17(4)12-9-16-14(3)15(19)18-10-7-5-6-8-11-18/h13-14,16H,5-12H2,1-4H3. The molecule has 112 valence electrons. The van der Waals surface area contributed by atoms with Gasteiger partial charge in [-0.05, 0) is 40.7 Å². The SMILES string of the molecule is CC(NCCN(C)C(C)C)C(=O)N1CCCCCC1. The molecule has 19 heavy (non-hydrogen) atoms. The van der Waals surface area contributed by atoms with Gasteiger partial charge in [0, 0.05) is 32.2 Å². The number of likely N-dealkylation sites (tertiary alicyclic amines) is 1. The summed E-state index contributed by atoms with van der Waals surface area (Å²) < 4.78 is 0. The van der Waals surface area contributed by atoms with Gasteiger partial charge in [0.15, 0.2) is 0 Å². The average molecular weight is 269 g/mol. The van der Waals surface area contributed by atoms with E-state index in [2.05, 4.69) is 31.1 Å². The second kappa shape index (κ2) is 8.54. The van der Waals surface area contributed by atoms with E-state index in [4.69, 9.17) is 0 Å². The first-order valence-corrected chi connectivity index (χ1v) is 7.74. The number of carbonyl (C=O) groups is 1. The number of nitrogens with zero attached hydrogens (tertiary/aromatic N) is 2. The van der Waals surface area contributed by atoms with E-state index in [0.717, 1.165) is 39.0 Å². The largest absolute Gasteiger partial charge is 0.341 e. The highest BCUT2D eigenvalue weighted by atomic mass is 16.2. The van der Waals surface area contributed by atoms with Crippen molar-refractivity contribution in [2.75, 3.05) is 33.2 Å². The summed E-state index contributed by atoms with van der Waals surface area (Å²) in [6.07, 6.45) is 4.86. The molecule has 1 aliphatic rings. The highest BCUT2D eigenvalue weighted by molar-refractivity contribution is 5.81. The number of carbonyl (C=O) groups excluding carboxylic acids is 1. The van der Waals surface area contributed by atoms with Crippen molar-refractivity contribution in [3.63, 3.8) is 0 Å². The van der Waals surface area contributed by atoms with Crippen molar-refractivity contribution in [1.29, 1.82) is 0 Å². The van der Waals surface area contributed by atoms with E-state index in [9.17, 15) is 4.79 Å². The Hall–Kier alpha value is -0.610. The molecule has 0 saturated carbocycles. The number of rotatable bonds is 6. The van der Waals surface area contributed by atoms with Crippen molar-refractivity contribution in [3.05, 3.63) is 0 Å². The minimum atomic E-state index is -0.0568. The van der Waals surface area contributed by atoms with E-state index >= 15 is 0 Å². The lowest BCUT2D eigenvalue weighted by Crippen LogP contribution is -2.47. The van der Waals surface area contributed by atoms with Crippen LogP contribution in [0.3, 0.4) is 0 Å². The molecule has 1 unspecified atom stereocenters. The van der Waals surface area contributed by atoms with Crippen molar-refractivity contribution < 1.29 is 4.79 Å². The monoisotopic (exact) mass is 269 g/mol. The second-order valence-electron chi connectivity index (χ2n) is 5.99. The Labute approximate surface area is 118 Å². The zero-order valence-electron chi connectivity index (χ0n) is 13.1. The molecule has 1 atom stereocenters. The molecule has 0 aromatic carbocycles. The molecule has 1 saturated heterocycles. The molecule has 0 aromatic rings. The molecule has 4 nitrogen and oxygen atoms in total. The summed E-state index contributed by atoms with van der Waals surface area (Å²) in [6, 6.07) is 0.497. The van der Waals surface area contributed by atoms with E-state index in [1.807, 2.05) is 11.8 Å². The van der Waals surface area contributed by atoms with Gasteiger partial charge in [-0.3, -0.25) is 4.79 Å². The summed E-state index contributed by atoms with van der Waals surface area (Å²) in [6.45, 7) is 10.1. The molecule has 0 aromatic heterocycles. The quantitative estimate of drug-likeness (QED) is 0.797. The molecule has 1 amide bonds. The van der Waals surface area contributed by atoms with Crippen LogP contribution in [-0.4, -0.2) is 61.0 Å². The molecule has 1 fully saturated rings. The Morgan fingerprint density at radius 3 is 2.26 bits per heavy atom. The molecule has 0 radical (unpaired) electrons. The van der Waals surface area contributed by atoms with E-state index in [0.29, 0.717) is 6.04 Å². The van der Waals surface area contributed by atoms with E-state index < -0.39 is 0 Å². The van der Waals surface area contributed by atoms with E-state index in [1.54, 1.807) is 0 Å². The number of hydrogen-bond donors (Lipinski definition) is 1. The number of nitrogens with one attached hydrogen (secondary N) is 1. The van der Waals surface area contributed by atoms with Crippen molar-refractivity contribution in [3.8, 4) is 0 Å². The smallest absolute Gasteiger partial charge is 0.239 e. The Bertz CT molecular complexity index is 260. The summed E-state index contributed by atoms with van der Waals surface area (Å²) in [5.74, 6) is 0.272. The Morgan fingerprint density at radius 1 is 1.16 bits per heavy atom. The van der Waals surface area contributed by atoms with Gasteiger partial charge in [0.2, 0.25) is 5.91 Å². The van der Waals surface area contributed by atoms with Gasteiger partial charge < -0.3 is 15.1 Å². The van der Waals surface area contributed by atoms with Crippen LogP contribution in [-0.2, 0) is 4.79 Å². The molecule has 1 aliphatic heterocycles. The zero-order chi connectivity index (χ0) is 14.3. The summed E-state index contributed by atoms with van der Waals surface area (Å²) in [5.41, 5.74) is 0. The summed E-state index contributed by atoms with van der Waals surface area (Å²) in [5, 5.41) is 3.35. The van der Waals surface area contributed by atoms with Gasteiger partial charge in [-0.2, -0.15) is 0 Å². The molecule has 4 heteroatoms. The van der Waals surface area contributed by atoms with E-state index in [1.165, 1.54) is 12.8 Å². The Balaban J connectivity index is 2.27. The van der Waals surface area contributed by atoms with Gasteiger partial charge in [0.1, 0.15) is 0 Å². The lowest BCUT2D eigenvalue weighted by atomic mass is 10.2. The Morgan fingerprint density at radius 2 is 1.74 bits per heavy atom. The van der Waals surface area contributed by atoms with Crippen LogP contribution in [0, 0.1) is 0 Å². The summed E-state index contributed by atoms with van der Waals surface area (Å²) in [7, 11) is 2.12. The minimum absolute atomic E-state index is 0.0568. The zero-order valence-corrected chi connectivity index (χ0v) is 13.1. The third-order valence-corrected chi connectivity index (χ3v) is 4.08. The lowest BCUT2D eigenvalue weighted by molar-refractivity contribution is -0.133. The fraction of sp³-hybridized carbons (Fsp3) is 0.933. The number of likely N-dealkylation sites (N-methyl/N-ethyl adjacent to an activating group) is 1.